The van der Waals surface area contributed by atoms with E-state index < -0.39 is 5.60 Å². The van der Waals surface area contributed by atoms with Gasteiger partial charge in [0.25, 0.3) is 0 Å². The van der Waals surface area contributed by atoms with Crippen molar-refractivity contribution in [1.82, 2.24) is 20.0 Å². The fraction of sp³-hybridized carbons (Fsp3) is 0.688. The van der Waals surface area contributed by atoms with Crippen molar-refractivity contribution in [1.29, 1.82) is 0 Å². The first-order chi connectivity index (χ1) is 10.3. The summed E-state index contributed by atoms with van der Waals surface area (Å²) in [4.78, 5) is 16.4. The Balaban J connectivity index is 1.98. The standard InChI is InChI=1S/C16H26N4O2/c1-12-9-19(15(21)22-16(3,4)5)10-13(2)20(12)11-14-7-6-8-17-18-14/h6-8,12-13H,9-11H2,1-5H3. The summed E-state index contributed by atoms with van der Waals surface area (Å²) in [6.07, 6.45) is 1.45. The minimum atomic E-state index is -0.458. The number of carbonyl (C=O) groups excluding carboxylic acids is 1. The minimum absolute atomic E-state index is 0.231. The summed E-state index contributed by atoms with van der Waals surface area (Å²) < 4.78 is 5.47. The van der Waals surface area contributed by atoms with Crippen molar-refractivity contribution >= 4 is 6.09 Å². The molecule has 0 N–H and O–H groups in total. The van der Waals surface area contributed by atoms with Crippen LogP contribution >= 0.6 is 0 Å². The summed E-state index contributed by atoms with van der Waals surface area (Å²) in [5.74, 6) is 0. The van der Waals surface area contributed by atoms with Crippen LogP contribution in [0, 0.1) is 0 Å². The number of ether oxygens (including phenoxy) is 1. The molecule has 2 rings (SSSR count). The zero-order valence-electron chi connectivity index (χ0n) is 14.1. The van der Waals surface area contributed by atoms with Crippen LogP contribution in [0.2, 0.25) is 0 Å². The van der Waals surface area contributed by atoms with Crippen molar-refractivity contribution in [3.8, 4) is 0 Å². The number of amides is 1. The molecule has 1 fully saturated rings. The molecule has 1 aliphatic rings. The van der Waals surface area contributed by atoms with Crippen LogP contribution in [-0.4, -0.2) is 56.9 Å². The smallest absolute Gasteiger partial charge is 0.410 e. The van der Waals surface area contributed by atoms with Crippen LogP contribution in [0.5, 0.6) is 0 Å². The summed E-state index contributed by atoms with van der Waals surface area (Å²) >= 11 is 0. The van der Waals surface area contributed by atoms with Gasteiger partial charge < -0.3 is 9.64 Å². The summed E-state index contributed by atoms with van der Waals surface area (Å²) in [5, 5.41) is 8.07. The molecule has 2 heterocycles. The maximum Gasteiger partial charge on any atom is 0.410 e. The van der Waals surface area contributed by atoms with E-state index in [1.165, 1.54) is 0 Å². The minimum Gasteiger partial charge on any atom is -0.444 e. The van der Waals surface area contributed by atoms with E-state index in [-0.39, 0.29) is 18.2 Å². The molecule has 0 saturated carbocycles. The molecule has 0 radical (unpaired) electrons. The van der Waals surface area contributed by atoms with E-state index in [1.807, 2.05) is 32.9 Å². The molecule has 1 amide bonds. The molecule has 1 aromatic heterocycles. The van der Waals surface area contributed by atoms with Gasteiger partial charge in [-0.25, -0.2) is 4.79 Å². The van der Waals surface area contributed by atoms with Crippen LogP contribution in [0.15, 0.2) is 18.3 Å². The molecule has 22 heavy (non-hydrogen) atoms. The highest BCUT2D eigenvalue weighted by Crippen LogP contribution is 2.20. The van der Waals surface area contributed by atoms with E-state index in [1.54, 1.807) is 11.1 Å². The van der Waals surface area contributed by atoms with Crippen LogP contribution in [0.3, 0.4) is 0 Å². The van der Waals surface area contributed by atoms with Crippen LogP contribution in [0.25, 0.3) is 0 Å². The van der Waals surface area contributed by atoms with E-state index >= 15 is 0 Å². The van der Waals surface area contributed by atoms with Crippen molar-refractivity contribution in [2.45, 2.75) is 58.8 Å². The van der Waals surface area contributed by atoms with Gasteiger partial charge in [-0.15, -0.1) is 0 Å². The third-order valence-electron chi connectivity index (χ3n) is 3.73. The molecule has 2 atom stereocenters. The molecule has 0 aromatic carbocycles. The number of nitrogens with zero attached hydrogens (tertiary/aromatic N) is 4. The Morgan fingerprint density at radius 1 is 1.32 bits per heavy atom. The average Bonchev–Trinajstić information content (AvgIpc) is 2.42. The predicted molar refractivity (Wildman–Crippen MR) is 84.3 cm³/mol. The second kappa shape index (κ2) is 6.60. The number of rotatable bonds is 2. The average molecular weight is 306 g/mol. The lowest BCUT2D eigenvalue weighted by atomic mass is 10.1. The van der Waals surface area contributed by atoms with Gasteiger partial charge in [0.2, 0.25) is 0 Å². The van der Waals surface area contributed by atoms with Gasteiger partial charge in [0.05, 0.1) is 5.69 Å². The molecule has 2 unspecified atom stereocenters. The van der Waals surface area contributed by atoms with Crippen molar-refractivity contribution in [2.75, 3.05) is 13.1 Å². The zero-order valence-corrected chi connectivity index (χ0v) is 14.1. The van der Waals surface area contributed by atoms with Gasteiger partial charge in [0.15, 0.2) is 0 Å². The first kappa shape index (κ1) is 16.7. The Morgan fingerprint density at radius 3 is 2.45 bits per heavy atom. The fourth-order valence-corrected chi connectivity index (χ4v) is 2.75. The van der Waals surface area contributed by atoms with Crippen molar-refractivity contribution in [3.63, 3.8) is 0 Å². The van der Waals surface area contributed by atoms with E-state index in [9.17, 15) is 4.79 Å². The van der Waals surface area contributed by atoms with Crippen LogP contribution in [0.1, 0.15) is 40.3 Å². The summed E-state index contributed by atoms with van der Waals surface area (Å²) in [6.45, 7) is 12.0. The third-order valence-corrected chi connectivity index (χ3v) is 3.73. The van der Waals surface area contributed by atoms with E-state index in [0.29, 0.717) is 13.1 Å². The number of hydrogen-bond donors (Lipinski definition) is 0. The van der Waals surface area contributed by atoms with Gasteiger partial charge in [-0.2, -0.15) is 10.2 Å². The molecule has 6 nitrogen and oxygen atoms in total. The highest BCUT2D eigenvalue weighted by molar-refractivity contribution is 5.68. The van der Waals surface area contributed by atoms with Gasteiger partial charge in [-0.3, -0.25) is 4.90 Å². The lowest BCUT2D eigenvalue weighted by molar-refractivity contribution is -0.0100. The molecular formula is C16H26N4O2. The number of piperazine rings is 1. The van der Waals surface area contributed by atoms with Crippen LogP contribution in [0.4, 0.5) is 4.79 Å². The first-order valence-electron chi connectivity index (χ1n) is 7.76. The Morgan fingerprint density at radius 2 is 1.95 bits per heavy atom. The second-order valence-corrected chi connectivity index (χ2v) is 6.97. The first-order valence-corrected chi connectivity index (χ1v) is 7.76. The Hall–Kier alpha value is -1.69. The lowest BCUT2D eigenvalue weighted by Crippen LogP contribution is -2.58. The molecule has 1 aromatic rings. The van der Waals surface area contributed by atoms with E-state index in [2.05, 4.69) is 28.9 Å². The molecule has 6 heteroatoms. The monoisotopic (exact) mass is 306 g/mol. The van der Waals surface area contributed by atoms with Gasteiger partial charge in [0.1, 0.15) is 5.60 Å². The van der Waals surface area contributed by atoms with Gasteiger partial charge >= 0.3 is 6.09 Å². The molecule has 0 spiro atoms. The number of carbonyl (C=O) groups is 1. The Bertz CT molecular complexity index is 489. The predicted octanol–water partition coefficient (Wildman–Crippen LogP) is 2.31. The number of aromatic nitrogens is 2. The SMILES string of the molecule is CC1CN(C(=O)OC(C)(C)C)CC(C)N1Cc1cccnn1. The normalized spacial score (nSPS) is 23.4. The van der Waals surface area contributed by atoms with Gasteiger partial charge in [-0.1, -0.05) is 0 Å². The third kappa shape index (κ3) is 4.40. The van der Waals surface area contributed by atoms with Crippen molar-refractivity contribution in [3.05, 3.63) is 24.0 Å². The summed E-state index contributed by atoms with van der Waals surface area (Å²) in [6, 6.07) is 4.37. The largest absolute Gasteiger partial charge is 0.444 e. The van der Waals surface area contributed by atoms with E-state index in [4.69, 9.17) is 4.74 Å². The maximum absolute atomic E-state index is 12.2. The van der Waals surface area contributed by atoms with Gasteiger partial charge in [0, 0.05) is 37.9 Å². The maximum atomic E-state index is 12.2. The lowest BCUT2D eigenvalue weighted by Gasteiger charge is -2.44. The second-order valence-electron chi connectivity index (χ2n) is 6.97. The quantitative estimate of drug-likeness (QED) is 0.839. The van der Waals surface area contributed by atoms with Crippen molar-refractivity contribution < 1.29 is 9.53 Å². The Labute approximate surface area is 132 Å². The number of hydrogen-bond acceptors (Lipinski definition) is 5. The highest BCUT2D eigenvalue weighted by Gasteiger charge is 2.33. The summed E-state index contributed by atoms with van der Waals surface area (Å²) in [7, 11) is 0. The molecule has 122 valence electrons. The molecular weight excluding hydrogens is 280 g/mol. The summed E-state index contributed by atoms with van der Waals surface area (Å²) in [5.41, 5.74) is 0.493. The molecule has 0 bridgehead atoms. The van der Waals surface area contributed by atoms with Crippen LogP contribution in [-0.2, 0) is 11.3 Å². The fourth-order valence-electron chi connectivity index (χ4n) is 2.75. The topological polar surface area (TPSA) is 58.6 Å². The van der Waals surface area contributed by atoms with Gasteiger partial charge in [-0.05, 0) is 46.8 Å². The molecule has 1 saturated heterocycles. The zero-order chi connectivity index (χ0) is 16.3. The van der Waals surface area contributed by atoms with Crippen molar-refractivity contribution in [2.24, 2.45) is 0 Å². The highest BCUT2D eigenvalue weighted by atomic mass is 16.6. The molecule has 1 aliphatic heterocycles. The van der Waals surface area contributed by atoms with Crippen LogP contribution < -0.4 is 0 Å². The Kier molecular flexibility index (Phi) is 5.01. The molecule has 0 aliphatic carbocycles. The van der Waals surface area contributed by atoms with E-state index in [0.717, 1.165) is 12.2 Å².